The van der Waals surface area contributed by atoms with Crippen molar-refractivity contribution in [3.8, 4) is 33.4 Å². The number of hydrogen-bond acceptors (Lipinski definition) is 1. The lowest BCUT2D eigenvalue weighted by Crippen LogP contribution is -2.10. The van der Waals surface area contributed by atoms with Crippen molar-refractivity contribution >= 4 is 76.5 Å². The largest absolute Gasteiger partial charge is 0.310 e. The van der Waals surface area contributed by atoms with E-state index in [0.717, 1.165) is 29.9 Å². The lowest BCUT2D eigenvalue weighted by atomic mass is 9.80. The van der Waals surface area contributed by atoms with Crippen molar-refractivity contribution in [2.75, 3.05) is 4.90 Å². The van der Waals surface area contributed by atoms with E-state index in [1.54, 1.807) is 0 Å². The summed E-state index contributed by atoms with van der Waals surface area (Å²) in [6.45, 7) is 0. The molecule has 12 rings (SSSR count). The quantitative estimate of drug-likeness (QED) is 0.145. The fraction of sp³-hybridized carbons (Fsp3) is 0.0323. The first-order valence-electron chi connectivity index (χ1n) is 22.1. The summed E-state index contributed by atoms with van der Waals surface area (Å²) in [5, 5.41) is 12.6. The van der Waals surface area contributed by atoms with Gasteiger partial charge in [-0.05, 0) is 148 Å². The first-order chi connectivity index (χ1) is 31.3. The van der Waals surface area contributed by atoms with E-state index in [2.05, 4.69) is 242 Å². The minimum atomic E-state index is 1.01. The second-order valence-corrected chi connectivity index (χ2v) is 16.7. The number of para-hydroxylation sites is 1. The summed E-state index contributed by atoms with van der Waals surface area (Å²) in [5.41, 5.74) is 13.5. The molecule has 11 aromatic carbocycles. The summed E-state index contributed by atoms with van der Waals surface area (Å²) < 4.78 is 0. The highest BCUT2D eigenvalue weighted by Crippen LogP contribution is 2.50. The second-order valence-electron chi connectivity index (χ2n) is 16.7. The van der Waals surface area contributed by atoms with Gasteiger partial charge in [0, 0.05) is 16.8 Å². The van der Waals surface area contributed by atoms with Gasteiger partial charge in [0.2, 0.25) is 0 Å². The summed E-state index contributed by atoms with van der Waals surface area (Å²) in [6.07, 6.45) is 8.92. The number of rotatable bonds is 7. The van der Waals surface area contributed by atoms with Crippen molar-refractivity contribution in [1.29, 1.82) is 0 Å². The molecule has 0 spiro atoms. The molecule has 11 aromatic rings. The van der Waals surface area contributed by atoms with Crippen LogP contribution < -0.4 is 4.90 Å². The van der Waals surface area contributed by atoms with Crippen molar-refractivity contribution in [2.45, 2.75) is 12.8 Å². The van der Waals surface area contributed by atoms with E-state index in [-0.39, 0.29) is 0 Å². The van der Waals surface area contributed by atoms with E-state index in [0.29, 0.717) is 0 Å². The van der Waals surface area contributed by atoms with Crippen LogP contribution in [0, 0.1) is 0 Å². The molecule has 1 heteroatoms. The average Bonchev–Trinajstić information content (AvgIpc) is 3.37. The van der Waals surface area contributed by atoms with E-state index in [1.165, 1.54) is 98.4 Å². The number of benzene rings is 11. The van der Waals surface area contributed by atoms with Crippen molar-refractivity contribution in [2.24, 2.45) is 0 Å². The Labute approximate surface area is 368 Å². The zero-order valence-electron chi connectivity index (χ0n) is 34.9. The number of anilines is 3. The lowest BCUT2D eigenvalue weighted by Gasteiger charge is -2.27. The van der Waals surface area contributed by atoms with Gasteiger partial charge in [-0.3, -0.25) is 0 Å². The maximum Gasteiger partial charge on any atom is 0.0540 e. The Bertz CT molecular complexity index is 3600. The van der Waals surface area contributed by atoms with Crippen LogP contribution in [0.15, 0.2) is 237 Å². The Kier molecular flexibility index (Phi) is 9.04. The summed E-state index contributed by atoms with van der Waals surface area (Å²) in [5.74, 6) is 0. The van der Waals surface area contributed by atoms with Crippen LogP contribution in [0.25, 0.3) is 92.8 Å². The van der Waals surface area contributed by atoms with Crippen molar-refractivity contribution < 1.29 is 0 Å². The summed E-state index contributed by atoms with van der Waals surface area (Å²) >= 11 is 0. The van der Waals surface area contributed by atoms with Gasteiger partial charge in [0.05, 0.1) is 5.69 Å². The lowest BCUT2D eigenvalue weighted by molar-refractivity contribution is 1.06. The zero-order valence-corrected chi connectivity index (χ0v) is 34.9. The van der Waals surface area contributed by atoms with E-state index in [4.69, 9.17) is 0 Å². The van der Waals surface area contributed by atoms with Crippen LogP contribution >= 0.6 is 0 Å². The molecular formula is C62H43N. The third-order valence-corrected chi connectivity index (χ3v) is 13.1. The van der Waals surface area contributed by atoms with Crippen LogP contribution in [0.1, 0.15) is 18.4 Å². The molecule has 0 amide bonds. The second kappa shape index (κ2) is 15.5. The van der Waals surface area contributed by atoms with Gasteiger partial charge in [-0.2, -0.15) is 0 Å². The Balaban J connectivity index is 1.12. The van der Waals surface area contributed by atoms with E-state index in [1.807, 2.05) is 0 Å². The molecule has 0 aliphatic heterocycles. The first kappa shape index (κ1) is 36.8. The average molecular weight is 802 g/mol. The predicted octanol–water partition coefficient (Wildman–Crippen LogP) is 17.7. The summed E-state index contributed by atoms with van der Waals surface area (Å²) in [6, 6.07) is 80.5. The Hall–Kier alpha value is -8.00. The van der Waals surface area contributed by atoms with Gasteiger partial charge in [-0.25, -0.2) is 0 Å². The molecule has 0 aromatic heterocycles. The van der Waals surface area contributed by atoms with Crippen LogP contribution in [0.2, 0.25) is 0 Å². The van der Waals surface area contributed by atoms with Crippen molar-refractivity contribution in [1.82, 2.24) is 0 Å². The van der Waals surface area contributed by atoms with Crippen LogP contribution in [-0.2, 0) is 0 Å². The van der Waals surface area contributed by atoms with Crippen LogP contribution in [0.5, 0.6) is 0 Å². The van der Waals surface area contributed by atoms with E-state index in [9.17, 15) is 0 Å². The maximum absolute atomic E-state index is 2.49. The molecule has 0 saturated carbocycles. The molecule has 0 N–H and O–H groups in total. The molecule has 63 heavy (non-hydrogen) atoms. The van der Waals surface area contributed by atoms with Crippen LogP contribution in [-0.4, -0.2) is 0 Å². The van der Waals surface area contributed by atoms with Gasteiger partial charge in [0.15, 0.2) is 0 Å². The zero-order chi connectivity index (χ0) is 41.7. The molecule has 0 fully saturated rings. The van der Waals surface area contributed by atoms with Crippen LogP contribution in [0.4, 0.5) is 17.1 Å². The van der Waals surface area contributed by atoms with E-state index < -0.39 is 0 Å². The van der Waals surface area contributed by atoms with Gasteiger partial charge in [0.25, 0.3) is 0 Å². The van der Waals surface area contributed by atoms with Gasteiger partial charge in [-0.15, -0.1) is 0 Å². The minimum Gasteiger partial charge on any atom is -0.310 e. The number of fused-ring (bicyclic) bond motifs is 8. The predicted molar refractivity (Wildman–Crippen MR) is 271 cm³/mol. The first-order valence-corrected chi connectivity index (χ1v) is 22.1. The highest BCUT2D eigenvalue weighted by Gasteiger charge is 2.23. The molecule has 0 unspecified atom stereocenters. The fourth-order valence-corrected chi connectivity index (χ4v) is 10.2. The molecule has 0 bridgehead atoms. The van der Waals surface area contributed by atoms with Crippen molar-refractivity contribution in [3.05, 3.63) is 242 Å². The molecule has 296 valence electrons. The molecule has 0 atom stereocenters. The molecule has 1 aliphatic rings. The molecule has 0 heterocycles. The topological polar surface area (TPSA) is 3.24 Å². The number of hydrogen-bond donors (Lipinski definition) is 0. The fourth-order valence-electron chi connectivity index (χ4n) is 10.2. The Morgan fingerprint density at radius 2 is 1.02 bits per heavy atom. The maximum atomic E-state index is 2.49. The third kappa shape index (κ3) is 6.32. The SMILES string of the molecule is C1=CCCC(c2cc(-c3ccccc3)c(-c3ccccc3)c3c4ccccc4c4cc(-c5cccc6c(N(c7ccccc7)c7ccc8ccccc8c7)cccc56)ccc4c23)=C1. The molecule has 1 nitrogen and oxygen atoms in total. The van der Waals surface area contributed by atoms with Gasteiger partial charge in [0.1, 0.15) is 0 Å². The van der Waals surface area contributed by atoms with E-state index >= 15 is 0 Å². The minimum absolute atomic E-state index is 1.01. The highest BCUT2D eigenvalue weighted by atomic mass is 15.1. The van der Waals surface area contributed by atoms with Gasteiger partial charge < -0.3 is 4.90 Å². The Morgan fingerprint density at radius 3 is 1.81 bits per heavy atom. The molecular weight excluding hydrogens is 759 g/mol. The Morgan fingerprint density at radius 1 is 0.349 bits per heavy atom. The number of allylic oxidation sites excluding steroid dienone is 4. The summed E-state index contributed by atoms with van der Waals surface area (Å²) in [7, 11) is 0. The van der Waals surface area contributed by atoms with Gasteiger partial charge >= 0.3 is 0 Å². The van der Waals surface area contributed by atoms with Gasteiger partial charge in [-0.1, -0.05) is 194 Å². The molecule has 0 radical (unpaired) electrons. The number of nitrogens with zero attached hydrogens (tertiary/aromatic N) is 1. The normalized spacial score (nSPS) is 12.7. The smallest absolute Gasteiger partial charge is 0.0540 e. The third-order valence-electron chi connectivity index (χ3n) is 13.1. The van der Waals surface area contributed by atoms with Crippen LogP contribution in [0.3, 0.4) is 0 Å². The highest BCUT2D eigenvalue weighted by molar-refractivity contribution is 6.32. The molecule has 0 saturated heterocycles. The molecule has 1 aliphatic carbocycles. The monoisotopic (exact) mass is 801 g/mol. The summed E-state index contributed by atoms with van der Waals surface area (Å²) in [4.78, 5) is 2.41. The standard InChI is InChI=1S/C62H43N/c1-5-20-43(21-6-1)56-41-57(44-22-7-2-8-23-44)61-55-38-36-47(40-58(55)52-29-15-16-30-54(52)62(61)60(56)45-24-9-3-10-25-45)50-31-17-33-53-51(50)32-18-34-59(53)63(48-27-11-4-12-28-48)49-37-35-42-19-13-14-26-46(42)39-49/h1-7,9-22,24-41H,8,23H2. The van der Waals surface area contributed by atoms with Crippen molar-refractivity contribution in [3.63, 3.8) is 0 Å².